The third-order valence-corrected chi connectivity index (χ3v) is 6.17. The van der Waals surface area contributed by atoms with Gasteiger partial charge in [-0.1, -0.05) is 42.5 Å². The van der Waals surface area contributed by atoms with Crippen LogP contribution in [0.5, 0.6) is 5.75 Å². The van der Waals surface area contributed by atoms with Crippen molar-refractivity contribution in [2.24, 2.45) is 0 Å². The van der Waals surface area contributed by atoms with Crippen LogP contribution in [0.25, 0.3) is 0 Å². The Morgan fingerprint density at radius 2 is 1.65 bits per heavy atom. The minimum Gasteiger partial charge on any atom is -0.497 e. The maximum atomic E-state index is 12.9. The van der Waals surface area contributed by atoms with Crippen molar-refractivity contribution < 1.29 is 22.7 Å². The van der Waals surface area contributed by atoms with Crippen molar-refractivity contribution in [2.75, 3.05) is 27.0 Å². The number of nitrogens with one attached hydrogen (secondary N) is 1. The Labute approximate surface area is 183 Å². The van der Waals surface area contributed by atoms with E-state index < -0.39 is 22.0 Å². The quantitative estimate of drug-likeness (QED) is 0.597. The average Bonchev–Trinajstić information content (AvgIpc) is 2.75. The molecule has 0 saturated carbocycles. The number of ether oxygens (including phenoxy) is 1. The Morgan fingerprint density at radius 1 is 1.03 bits per heavy atom. The highest BCUT2D eigenvalue weighted by Crippen LogP contribution is 2.13. The van der Waals surface area contributed by atoms with E-state index in [1.165, 1.54) is 11.9 Å². The monoisotopic (exact) mass is 447 g/mol. The van der Waals surface area contributed by atoms with Crippen LogP contribution in [0.1, 0.15) is 18.1 Å². The molecule has 2 aromatic carbocycles. The van der Waals surface area contributed by atoms with Crippen LogP contribution in [-0.2, 0) is 32.7 Å². The summed E-state index contributed by atoms with van der Waals surface area (Å²) in [6, 6.07) is 15.7. The lowest BCUT2D eigenvalue weighted by Gasteiger charge is -2.30. The lowest BCUT2D eigenvalue weighted by molar-refractivity contribution is -0.140. The molecule has 8 nitrogen and oxygen atoms in total. The molecule has 0 saturated heterocycles. The number of rotatable bonds is 10. The van der Waals surface area contributed by atoms with Gasteiger partial charge in [-0.2, -0.15) is 4.31 Å². The van der Waals surface area contributed by atoms with E-state index in [1.807, 2.05) is 42.5 Å². The van der Waals surface area contributed by atoms with Gasteiger partial charge >= 0.3 is 0 Å². The number of nitrogens with zero attached hydrogens (tertiary/aromatic N) is 2. The second kappa shape index (κ2) is 10.9. The van der Waals surface area contributed by atoms with E-state index in [9.17, 15) is 18.0 Å². The smallest absolute Gasteiger partial charge is 0.242 e. The zero-order chi connectivity index (χ0) is 23.0. The molecular formula is C22H29N3O5S. The van der Waals surface area contributed by atoms with Crippen LogP contribution in [0.2, 0.25) is 0 Å². The molecule has 0 fully saturated rings. The summed E-state index contributed by atoms with van der Waals surface area (Å²) in [5.74, 6) is -0.0657. The molecule has 0 spiro atoms. The van der Waals surface area contributed by atoms with Crippen molar-refractivity contribution in [3.63, 3.8) is 0 Å². The zero-order valence-corrected chi connectivity index (χ0v) is 19.1. The average molecular weight is 448 g/mol. The third kappa shape index (κ3) is 7.37. The topological polar surface area (TPSA) is 96.0 Å². The second-order valence-corrected chi connectivity index (χ2v) is 9.36. The number of carbonyl (C=O) groups is 2. The third-order valence-electron chi connectivity index (χ3n) is 4.91. The maximum absolute atomic E-state index is 12.9. The predicted molar refractivity (Wildman–Crippen MR) is 119 cm³/mol. The summed E-state index contributed by atoms with van der Waals surface area (Å²) in [5, 5.41) is 2.84. The van der Waals surface area contributed by atoms with Crippen molar-refractivity contribution in [3.05, 3.63) is 65.7 Å². The number of sulfonamides is 1. The molecule has 0 aromatic heterocycles. The largest absolute Gasteiger partial charge is 0.497 e. The van der Waals surface area contributed by atoms with E-state index in [0.29, 0.717) is 6.54 Å². The van der Waals surface area contributed by atoms with Gasteiger partial charge in [-0.15, -0.1) is 0 Å². The van der Waals surface area contributed by atoms with Crippen LogP contribution < -0.4 is 10.1 Å². The van der Waals surface area contributed by atoms with Gasteiger partial charge in [0.25, 0.3) is 0 Å². The molecule has 0 unspecified atom stereocenters. The van der Waals surface area contributed by atoms with E-state index in [4.69, 9.17) is 4.74 Å². The molecule has 1 atom stereocenters. The Bertz CT molecular complexity index is 978. The van der Waals surface area contributed by atoms with Gasteiger partial charge in [-0.05, 0) is 30.2 Å². The van der Waals surface area contributed by atoms with Gasteiger partial charge in [0.05, 0.1) is 19.9 Å². The molecule has 2 amide bonds. The number of amides is 2. The molecule has 0 heterocycles. The fourth-order valence-corrected chi connectivity index (χ4v) is 3.19. The number of carbonyl (C=O) groups excluding carboxylic acids is 2. The van der Waals surface area contributed by atoms with Gasteiger partial charge in [0, 0.05) is 20.1 Å². The van der Waals surface area contributed by atoms with Gasteiger partial charge in [0.1, 0.15) is 11.8 Å². The molecule has 31 heavy (non-hydrogen) atoms. The highest BCUT2D eigenvalue weighted by Gasteiger charge is 2.28. The Balaban J connectivity index is 2.12. The molecule has 0 aliphatic rings. The van der Waals surface area contributed by atoms with Crippen molar-refractivity contribution in [1.82, 2.24) is 14.5 Å². The van der Waals surface area contributed by atoms with Crippen LogP contribution in [-0.4, -0.2) is 62.4 Å². The van der Waals surface area contributed by atoms with Gasteiger partial charge in [-0.3, -0.25) is 9.59 Å². The van der Waals surface area contributed by atoms with Crippen LogP contribution in [0.15, 0.2) is 54.6 Å². The van der Waals surface area contributed by atoms with Gasteiger partial charge in [0.15, 0.2) is 0 Å². The summed E-state index contributed by atoms with van der Waals surface area (Å²) in [7, 11) is -0.610. The van der Waals surface area contributed by atoms with Crippen molar-refractivity contribution in [1.29, 1.82) is 0 Å². The summed E-state index contributed by atoms with van der Waals surface area (Å²) >= 11 is 0. The maximum Gasteiger partial charge on any atom is 0.242 e. The Kier molecular flexibility index (Phi) is 8.58. The van der Waals surface area contributed by atoms with Gasteiger partial charge in [0.2, 0.25) is 21.8 Å². The first-order valence-electron chi connectivity index (χ1n) is 9.77. The first-order chi connectivity index (χ1) is 14.6. The molecule has 0 radical (unpaired) electrons. The van der Waals surface area contributed by atoms with E-state index in [-0.39, 0.29) is 19.0 Å². The van der Waals surface area contributed by atoms with Crippen molar-refractivity contribution >= 4 is 21.8 Å². The Hall–Kier alpha value is -2.91. The fourth-order valence-electron chi connectivity index (χ4n) is 2.84. The lowest BCUT2D eigenvalue weighted by atomic mass is 10.1. The lowest BCUT2D eigenvalue weighted by Crippen LogP contribution is -2.50. The molecule has 168 valence electrons. The normalized spacial score (nSPS) is 12.3. The van der Waals surface area contributed by atoms with Crippen molar-refractivity contribution in [3.8, 4) is 5.75 Å². The molecule has 2 rings (SSSR count). The molecule has 0 aliphatic carbocycles. The van der Waals surface area contributed by atoms with Crippen LogP contribution in [0, 0.1) is 0 Å². The highest BCUT2D eigenvalue weighted by atomic mass is 32.2. The summed E-state index contributed by atoms with van der Waals surface area (Å²) in [4.78, 5) is 27.1. The van der Waals surface area contributed by atoms with Crippen molar-refractivity contribution in [2.45, 2.75) is 26.1 Å². The second-order valence-electron chi connectivity index (χ2n) is 7.27. The number of benzene rings is 2. The molecule has 0 aliphatic heterocycles. The van der Waals surface area contributed by atoms with Crippen LogP contribution in [0.3, 0.4) is 0 Å². The van der Waals surface area contributed by atoms with E-state index in [0.717, 1.165) is 27.4 Å². The molecule has 2 aromatic rings. The zero-order valence-electron chi connectivity index (χ0n) is 18.2. The predicted octanol–water partition coefficient (Wildman–Crippen LogP) is 1.62. The molecule has 0 bridgehead atoms. The summed E-state index contributed by atoms with van der Waals surface area (Å²) in [6.45, 7) is 1.77. The SMILES string of the molecule is COc1ccc(CNC(=O)[C@H](C)N(Cc2ccccc2)C(=O)CN(C)S(C)(=O)=O)cc1. The number of hydrogen-bond donors (Lipinski definition) is 1. The minimum absolute atomic E-state index is 0.189. The van der Waals surface area contributed by atoms with Crippen LogP contribution in [0.4, 0.5) is 0 Å². The van der Waals surface area contributed by atoms with E-state index in [1.54, 1.807) is 26.2 Å². The van der Waals surface area contributed by atoms with E-state index >= 15 is 0 Å². The minimum atomic E-state index is -3.53. The number of likely N-dealkylation sites (N-methyl/N-ethyl adjacent to an activating group) is 1. The molecule has 9 heteroatoms. The summed E-state index contributed by atoms with van der Waals surface area (Å²) < 4.78 is 29.5. The first kappa shape index (κ1) is 24.4. The fraction of sp³-hybridized carbons (Fsp3) is 0.364. The molecule has 1 N–H and O–H groups in total. The van der Waals surface area contributed by atoms with Gasteiger partial charge in [-0.25, -0.2) is 8.42 Å². The van der Waals surface area contributed by atoms with Gasteiger partial charge < -0.3 is 15.0 Å². The standard InChI is InChI=1S/C22H29N3O5S/c1-17(22(27)23-14-18-10-12-20(30-3)13-11-18)25(15-19-8-6-5-7-9-19)21(26)16-24(2)31(4,28)29/h5-13,17H,14-16H2,1-4H3,(H,23,27)/t17-/m0/s1. The number of methoxy groups -OCH3 is 1. The molecular weight excluding hydrogens is 418 g/mol. The Morgan fingerprint density at radius 3 is 2.19 bits per heavy atom. The highest BCUT2D eigenvalue weighted by molar-refractivity contribution is 7.88. The summed E-state index contributed by atoms with van der Waals surface area (Å²) in [5.41, 5.74) is 1.73. The summed E-state index contributed by atoms with van der Waals surface area (Å²) in [6.07, 6.45) is 1.03. The van der Waals surface area contributed by atoms with E-state index in [2.05, 4.69) is 5.32 Å². The van der Waals surface area contributed by atoms with Crippen LogP contribution >= 0.6 is 0 Å². The number of hydrogen-bond acceptors (Lipinski definition) is 5. The first-order valence-corrected chi connectivity index (χ1v) is 11.6.